The van der Waals surface area contributed by atoms with Gasteiger partial charge in [0.15, 0.2) is 11.4 Å². The lowest BCUT2D eigenvalue weighted by Gasteiger charge is -2.15. The smallest absolute Gasteiger partial charge is 0.417 e. The van der Waals surface area contributed by atoms with Crippen LogP contribution in [0.1, 0.15) is 27.0 Å². The van der Waals surface area contributed by atoms with Crippen LogP contribution in [0.2, 0.25) is 0 Å². The molecule has 0 radical (unpaired) electrons. The van der Waals surface area contributed by atoms with Gasteiger partial charge in [0, 0.05) is 16.5 Å². The van der Waals surface area contributed by atoms with Gasteiger partial charge in [-0.3, -0.25) is 0 Å². The average molecular weight is 546 g/mol. The van der Waals surface area contributed by atoms with E-state index in [1.807, 2.05) is 6.07 Å². The Balaban J connectivity index is 1.63. The summed E-state index contributed by atoms with van der Waals surface area (Å²) in [6.45, 7) is 3.57. The number of fused-ring (bicyclic) bond motifs is 1. The number of carboxylic acids is 1. The van der Waals surface area contributed by atoms with Crippen molar-refractivity contribution in [2.24, 2.45) is 10.2 Å². The van der Waals surface area contributed by atoms with Crippen molar-refractivity contribution >= 4 is 28.2 Å². The SMILES string of the molecule is Cc1cc(C)cc(-c2c(C(F)(F)F)ccc3c(N=Nc4cccc(-c5cccc(C(=O)O)c5)c4O)c(O)[nH]c23)c1. The molecule has 202 valence electrons. The van der Waals surface area contributed by atoms with Crippen molar-refractivity contribution < 1.29 is 33.3 Å². The summed E-state index contributed by atoms with van der Waals surface area (Å²) in [6.07, 6.45) is -4.66. The molecule has 10 heteroatoms. The number of para-hydroxylation sites is 1. The van der Waals surface area contributed by atoms with Crippen LogP contribution < -0.4 is 0 Å². The van der Waals surface area contributed by atoms with Gasteiger partial charge in [-0.2, -0.15) is 13.2 Å². The first-order chi connectivity index (χ1) is 18.9. The highest BCUT2D eigenvalue weighted by Gasteiger charge is 2.35. The van der Waals surface area contributed by atoms with Gasteiger partial charge in [-0.25, -0.2) is 4.79 Å². The Kier molecular flexibility index (Phi) is 6.54. The fourth-order valence-corrected chi connectivity index (χ4v) is 4.76. The van der Waals surface area contributed by atoms with E-state index in [2.05, 4.69) is 15.2 Å². The molecule has 0 unspecified atom stereocenters. The molecule has 0 fully saturated rings. The maximum Gasteiger partial charge on any atom is 0.417 e. The third-order valence-corrected chi connectivity index (χ3v) is 6.44. The van der Waals surface area contributed by atoms with E-state index in [0.717, 1.165) is 17.2 Å². The zero-order valence-corrected chi connectivity index (χ0v) is 21.2. The minimum absolute atomic E-state index is 0.00780. The van der Waals surface area contributed by atoms with Crippen molar-refractivity contribution in [3.63, 3.8) is 0 Å². The van der Waals surface area contributed by atoms with E-state index < -0.39 is 23.6 Å². The summed E-state index contributed by atoms with van der Waals surface area (Å²) in [7, 11) is 0. The number of nitrogens with one attached hydrogen (secondary N) is 1. The molecule has 7 nitrogen and oxygen atoms in total. The molecule has 0 aliphatic carbocycles. The van der Waals surface area contributed by atoms with Crippen LogP contribution in [-0.2, 0) is 6.18 Å². The molecule has 0 bridgehead atoms. The number of hydrogen-bond donors (Lipinski definition) is 4. The van der Waals surface area contributed by atoms with Gasteiger partial charge in [0.1, 0.15) is 5.69 Å². The zero-order chi connectivity index (χ0) is 28.8. The second-order valence-corrected chi connectivity index (χ2v) is 9.37. The fraction of sp³-hybridized carbons (Fsp3) is 0.100. The van der Waals surface area contributed by atoms with E-state index in [1.165, 1.54) is 24.3 Å². The van der Waals surface area contributed by atoms with Crippen molar-refractivity contribution in [2.75, 3.05) is 0 Å². The normalized spacial score (nSPS) is 11.9. The number of aromatic hydroxyl groups is 2. The number of nitrogens with zero attached hydrogens (tertiary/aromatic N) is 2. The van der Waals surface area contributed by atoms with Gasteiger partial charge in [0.2, 0.25) is 5.88 Å². The number of carbonyl (C=O) groups is 1. The largest absolute Gasteiger partial charge is 0.505 e. The van der Waals surface area contributed by atoms with E-state index in [4.69, 9.17) is 0 Å². The first kappa shape index (κ1) is 26.5. The molecule has 40 heavy (non-hydrogen) atoms. The number of carboxylic acid groups (broad SMARTS) is 1. The van der Waals surface area contributed by atoms with Crippen LogP contribution in [0.5, 0.6) is 11.6 Å². The lowest BCUT2D eigenvalue weighted by molar-refractivity contribution is -0.137. The van der Waals surface area contributed by atoms with Gasteiger partial charge in [-0.15, -0.1) is 10.2 Å². The quantitative estimate of drug-likeness (QED) is 0.165. The van der Waals surface area contributed by atoms with E-state index >= 15 is 0 Å². The maximum atomic E-state index is 14.1. The number of aromatic nitrogens is 1. The Morgan fingerprint density at radius 1 is 0.850 bits per heavy atom. The number of H-pyrrole nitrogens is 1. The Hall–Kier alpha value is -5.12. The maximum absolute atomic E-state index is 14.1. The molecular weight excluding hydrogens is 523 g/mol. The number of halogens is 3. The van der Waals surface area contributed by atoms with Gasteiger partial charge < -0.3 is 20.3 Å². The molecule has 0 saturated heterocycles. The zero-order valence-electron chi connectivity index (χ0n) is 21.2. The highest BCUT2D eigenvalue weighted by Crippen LogP contribution is 2.47. The number of aromatic carboxylic acids is 1. The monoisotopic (exact) mass is 545 g/mol. The Morgan fingerprint density at radius 2 is 1.55 bits per heavy atom. The van der Waals surface area contributed by atoms with Crippen LogP contribution in [-0.4, -0.2) is 26.3 Å². The van der Waals surface area contributed by atoms with Gasteiger partial charge in [-0.05, 0) is 55.3 Å². The van der Waals surface area contributed by atoms with E-state index in [1.54, 1.807) is 50.2 Å². The van der Waals surface area contributed by atoms with E-state index in [0.29, 0.717) is 16.7 Å². The van der Waals surface area contributed by atoms with Crippen LogP contribution in [0, 0.1) is 13.8 Å². The van der Waals surface area contributed by atoms with Crippen LogP contribution in [0.15, 0.2) is 83.0 Å². The Bertz CT molecular complexity index is 1800. The van der Waals surface area contributed by atoms with E-state index in [-0.39, 0.29) is 39.2 Å². The number of phenolic OH excluding ortho intramolecular Hbond substituents is 1. The lowest BCUT2D eigenvalue weighted by atomic mass is 9.94. The number of hydrogen-bond acceptors (Lipinski definition) is 5. The summed E-state index contributed by atoms with van der Waals surface area (Å²) in [6, 6.07) is 17.9. The number of aryl methyl sites for hydroxylation is 2. The van der Waals surface area contributed by atoms with Crippen molar-refractivity contribution in [3.8, 4) is 33.9 Å². The first-order valence-corrected chi connectivity index (χ1v) is 12.0. The average Bonchev–Trinajstić information content (AvgIpc) is 3.21. The predicted molar refractivity (Wildman–Crippen MR) is 145 cm³/mol. The topological polar surface area (TPSA) is 118 Å². The van der Waals surface area contributed by atoms with Crippen molar-refractivity contribution in [1.29, 1.82) is 0 Å². The summed E-state index contributed by atoms with van der Waals surface area (Å²) in [4.78, 5) is 14.0. The molecule has 0 atom stereocenters. The third kappa shape index (κ3) is 4.86. The highest BCUT2D eigenvalue weighted by atomic mass is 19.4. The molecule has 5 aromatic rings. The summed E-state index contributed by atoms with van der Waals surface area (Å²) in [5.41, 5.74) is 1.59. The highest BCUT2D eigenvalue weighted by molar-refractivity contribution is 6.04. The van der Waals surface area contributed by atoms with Crippen LogP contribution in [0.25, 0.3) is 33.2 Å². The molecule has 1 heterocycles. The number of phenols is 1. The molecule has 0 aliphatic rings. The van der Waals surface area contributed by atoms with Gasteiger partial charge in [0.25, 0.3) is 0 Å². The number of benzene rings is 4. The standard InChI is InChI=1S/C30H22F3N3O4/c1-15-11-16(2)13-19(12-15)24-22(30(31,32)33)10-9-21-25(24)34-28(38)26(21)36-35-23-8-4-7-20(27(23)37)17-5-3-6-18(14-17)29(39)40/h3-14,34,37-38H,1-2H3,(H,39,40). The first-order valence-electron chi connectivity index (χ1n) is 12.0. The second kappa shape index (κ2) is 9.88. The molecule has 4 aromatic carbocycles. The van der Waals surface area contributed by atoms with Gasteiger partial charge >= 0.3 is 12.1 Å². The summed E-state index contributed by atoms with van der Waals surface area (Å²) in [5, 5.41) is 39.1. The van der Waals surface area contributed by atoms with E-state index in [9.17, 15) is 33.3 Å². The second-order valence-electron chi connectivity index (χ2n) is 9.37. The van der Waals surface area contributed by atoms with Crippen molar-refractivity contribution in [2.45, 2.75) is 20.0 Å². The predicted octanol–water partition coefficient (Wildman–Crippen LogP) is 8.66. The molecule has 4 N–H and O–H groups in total. The number of rotatable bonds is 5. The summed E-state index contributed by atoms with van der Waals surface area (Å²) < 4.78 is 42.2. The molecule has 0 amide bonds. The molecule has 5 rings (SSSR count). The van der Waals surface area contributed by atoms with Crippen LogP contribution in [0.3, 0.4) is 0 Å². The number of azo groups is 1. The van der Waals surface area contributed by atoms with Crippen LogP contribution >= 0.6 is 0 Å². The van der Waals surface area contributed by atoms with Gasteiger partial charge in [0.05, 0.1) is 16.6 Å². The molecule has 0 spiro atoms. The van der Waals surface area contributed by atoms with Crippen molar-refractivity contribution in [3.05, 3.63) is 95.1 Å². The summed E-state index contributed by atoms with van der Waals surface area (Å²) in [5.74, 6) is -1.90. The number of alkyl halides is 3. The number of aromatic amines is 1. The Labute approximate surface area is 225 Å². The minimum atomic E-state index is -4.66. The van der Waals surface area contributed by atoms with Crippen molar-refractivity contribution in [1.82, 2.24) is 4.98 Å². The third-order valence-electron chi connectivity index (χ3n) is 6.44. The van der Waals surface area contributed by atoms with Crippen LogP contribution in [0.4, 0.5) is 24.5 Å². The molecule has 1 aromatic heterocycles. The Morgan fingerprint density at radius 3 is 2.23 bits per heavy atom. The minimum Gasteiger partial charge on any atom is -0.505 e. The summed E-state index contributed by atoms with van der Waals surface area (Å²) >= 11 is 0. The van der Waals surface area contributed by atoms with Gasteiger partial charge in [-0.1, -0.05) is 53.6 Å². The lowest BCUT2D eigenvalue weighted by Crippen LogP contribution is -2.07. The molecule has 0 saturated carbocycles. The fourth-order valence-electron chi connectivity index (χ4n) is 4.76. The molecule has 0 aliphatic heterocycles. The molecular formula is C30H22F3N3O4.